The average molecular weight is 1990 g/mol. The lowest BCUT2D eigenvalue weighted by molar-refractivity contribution is -0.398. The zero-order valence-corrected chi connectivity index (χ0v) is 81.7. The fourth-order valence-electron chi connectivity index (χ4n) is 19.5. The molecule has 1 aliphatic carbocycles. The fraction of sp³-hybridized carbons (Fsp3) is 0.333. The molecule has 19 rings (SSSR count). The first kappa shape index (κ1) is 103. The number of amides is 1. The summed E-state index contributed by atoms with van der Waals surface area (Å²) in [6.07, 6.45) is -23.0. The van der Waals surface area contributed by atoms with Gasteiger partial charge in [-0.15, -0.1) is 0 Å². The number of rotatable bonds is 47. The predicted molar refractivity (Wildman–Crippen MR) is 544 cm³/mol. The molecule has 5 saturated heterocycles. The molecule has 5 aliphatic heterocycles. The zero-order valence-electron chi connectivity index (χ0n) is 81.7. The van der Waals surface area contributed by atoms with Crippen molar-refractivity contribution in [3.05, 3.63) is 465 Å². The van der Waals surface area contributed by atoms with Crippen molar-refractivity contribution in [2.45, 2.75) is 208 Å². The number of fused-ring (bicyclic) bond motifs is 4. The van der Waals surface area contributed by atoms with E-state index in [0.29, 0.717) is 11.1 Å². The van der Waals surface area contributed by atoms with Gasteiger partial charge in [0.2, 0.25) is 0 Å². The van der Waals surface area contributed by atoms with Gasteiger partial charge in [0, 0.05) is 22.3 Å². The Hall–Kier alpha value is -12.9. The van der Waals surface area contributed by atoms with Crippen LogP contribution in [0.15, 0.2) is 387 Å². The number of azide groups is 1. The topological polar surface area (TPSA) is 289 Å². The van der Waals surface area contributed by atoms with Gasteiger partial charge in [-0.25, -0.2) is 9.59 Å². The smallest absolute Gasteiger partial charge is 0.407 e. The first-order valence-corrected chi connectivity index (χ1v) is 50.3. The van der Waals surface area contributed by atoms with Gasteiger partial charge in [-0.3, -0.25) is 0 Å². The fourth-order valence-corrected chi connectivity index (χ4v) is 19.5. The van der Waals surface area contributed by atoms with Crippen LogP contribution in [-0.4, -0.2) is 174 Å². The minimum absolute atomic E-state index is 0.00287. The number of hydrogen-bond acceptors (Lipinski definition) is 24. The quantitative estimate of drug-likeness (QED) is 0.0160. The molecule has 27 heteroatoms. The molecule has 0 aromatic heterocycles. The Bertz CT molecular complexity index is 6160. The van der Waals surface area contributed by atoms with Crippen molar-refractivity contribution in [2.24, 2.45) is 11.0 Å². The van der Waals surface area contributed by atoms with Gasteiger partial charge in [0.1, 0.15) is 98.6 Å². The molecule has 1 amide bonds. The lowest BCUT2D eigenvalue weighted by atomic mass is 9.90. The highest BCUT2D eigenvalue weighted by Gasteiger charge is 2.59. The maximum Gasteiger partial charge on any atom is 0.407 e. The van der Waals surface area contributed by atoms with Crippen LogP contribution >= 0.6 is 0 Å². The molecule has 0 bridgehead atoms. The summed E-state index contributed by atoms with van der Waals surface area (Å²) in [5.41, 5.74) is 24.3. The zero-order chi connectivity index (χ0) is 99.9. The predicted octanol–water partition coefficient (Wildman–Crippen LogP) is 20.3. The summed E-state index contributed by atoms with van der Waals surface area (Å²) < 4.78 is 152. The van der Waals surface area contributed by atoms with Gasteiger partial charge in [-0.05, 0) is 83.4 Å². The Morgan fingerprint density at radius 1 is 0.333 bits per heavy atom. The van der Waals surface area contributed by atoms with E-state index < -0.39 is 154 Å². The normalized spacial score (nSPS) is 25.4. The summed E-state index contributed by atoms with van der Waals surface area (Å²) in [7, 11) is 0. The van der Waals surface area contributed by atoms with E-state index in [1.165, 1.54) is 0 Å². The standard InChI is InChI=1S/C120H122N4O23/c1-81-104(130-68-85-45-19-5-20-46-85)106(100(78-128-66-83-41-15-3-16-42-83)140-115(81)147-109-103(123-124-121)117(141-102-80-138-116(144-107(102)109)92-59-33-12-34-60-92)137-76-98(114(125)136-74-91-57-31-11-32-58-91)122-120(126)139-75-97-95-63-37-35-61-93(95)94-62-36-38-64-96(94)97)145-119-113(135-73-90-55-29-10-30-56-90)111(133-71-88-51-25-8-26-52-88)108(101(143-119)79-129-67-84-43-17-4-18-44-84)146-118-112(134-72-89-53-27-9-28-54-89)110(132-70-87-49-23-7-24-50-87)105(131-69-86-47-21-6-22-48-86)99(142-118)77-127-65-82-39-13-2-14-40-82/h2-64,81,97-113,115-119H,65-80H2,1H3,(H,122,126)/t81?,98-,99?,100?,101?,102?,103?,104?,105?,106?,107?,108?,109?,110?,111?,112?,113?,115?,116?,117?,118?,119?/m1/s1. The molecule has 760 valence electrons. The van der Waals surface area contributed by atoms with E-state index in [2.05, 4.69) is 15.3 Å². The van der Waals surface area contributed by atoms with Crippen LogP contribution in [0.3, 0.4) is 0 Å². The number of nitrogens with zero attached hydrogens (tertiary/aromatic N) is 3. The Morgan fingerprint density at radius 3 is 1.08 bits per heavy atom. The molecular weight excluding hydrogens is 1870 g/mol. The van der Waals surface area contributed by atoms with Crippen molar-refractivity contribution in [3.8, 4) is 11.1 Å². The Morgan fingerprint density at radius 2 is 0.667 bits per heavy atom. The third-order valence-electron chi connectivity index (χ3n) is 27.0. The largest absolute Gasteiger partial charge is 0.459 e. The molecule has 0 spiro atoms. The number of esters is 1. The lowest BCUT2D eigenvalue weighted by Gasteiger charge is -2.53. The first-order valence-electron chi connectivity index (χ1n) is 50.3. The van der Waals surface area contributed by atoms with Gasteiger partial charge in [-0.2, -0.15) is 0 Å². The van der Waals surface area contributed by atoms with E-state index in [9.17, 15) is 15.1 Å². The summed E-state index contributed by atoms with van der Waals surface area (Å²) in [4.78, 5) is 32.8. The van der Waals surface area contributed by atoms with Gasteiger partial charge >= 0.3 is 12.1 Å². The molecule has 27 nitrogen and oxygen atoms in total. The molecule has 0 radical (unpaired) electrons. The maximum atomic E-state index is 14.8. The van der Waals surface area contributed by atoms with E-state index >= 15 is 0 Å². The van der Waals surface area contributed by atoms with Crippen LogP contribution in [0.2, 0.25) is 0 Å². The molecule has 13 aromatic carbocycles. The summed E-state index contributed by atoms with van der Waals surface area (Å²) in [5, 5.41) is 7.25. The number of benzene rings is 13. The van der Waals surface area contributed by atoms with Crippen LogP contribution in [0.5, 0.6) is 0 Å². The molecule has 0 saturated carbocycles. The van der Waals surface area contributed by atoms with E-state index in [-0.39, 0.29) is 105 Å². The second-order valence-electron chi connectivity index (χ2n) is 37.2. The Balaban J connectivity index is 0.695. The first-order chi connectivity index (χ1) is 72.6. The maximum absolute atomic E-state index is 14.8. The number of carbonyl (C=O) groups is 2. The molecule has 147 heavy (non-hydrogen) atoms. The van der Waals surface area contributed by atoms with E-state index in [1.807, 2.05) is 389 Å². The Labute approximate surface area is 856 Å². The summed E-state index contributed by atoms with van der Waals surface area (Å²) in [6, 6.07) is 120. The molecule has 5 heterocycles. The minimum atomic E-state index is -1.56. The van der Waals surface area contributed by atoms with Gasteiger partial charge in [-0.1, -0.05) is 394 Å². The van der Waals surface area contributed by atoms with E-state index in [4.69, 9.17) is 99.5 Å². The van der Waals surface area contributed by atoms with Gasteiger partial charge < -0.3 is 105 Å². The molecular formula is C120H122N4O23. The van der Waals surface area contributed by atoms with Crippen molar-refractivity contribution >= 4 is 12.1 Å². The van der Waals surface area contributed by atoms with Gasteiger partial charge in [0.05, 0.1) is 98.6 Å². The van der Waals surface area contributed by atoms with Crippen molar-refractivity contribution in [1.29, 1.82) is 0 Å². The van der Waals surface area contributed by atoms with Crippen LogP contribution in [-0.2, 0) is 170 Å². The molecule has 13 aromatic rings. The SMILES string of the molecule is CC1C(OC2C(N=[N+]=[N-])C(OC[C@@H](NC(=O)OCC3c4ccccc4-c4ccccc43)C(=O)OCc3ccccc3)OC3COC(c4ccccc4)OC32)OC(COCc2ccccc2)C(OC2OC(COCc3ccccc3)C(OC3OC(COCc4ccccc4)C(OCc4ccccc4)C(OCc4ccccc4)C3OCc3ccccc3)C(OCc3ccccc3)C2OCc2ccccc2)C1OCc1ccccc1. The second-order valence-corrected chi connectivity index (χ2v) is 37.2. The molecule has 5 fully saturated rings. The number of ether oxygens (including phenoxy) is 21. The molecule has 22 atom stereocenters. The number of alkyl carbamates (subject to hydrolysis) is 1. The summed E-state index contributed by atoms with van der Waals surface area (Å²) in [5.74, 6) is -2.05. The monoisotopic (exact) mass is 1990 g/mol. The van der Waals surface area contributed by atoms with Crippen molar-refractivity contribution < 1.29 is 109 Å². The minimum Gasteiger partial charge on any atom is -0.459 e. The number of hydrogen-bond donors (Lipinski definition) is 1. The van der Waals surface area contributed by atoms with Crippen molar-refractivity contribution in [1.82, 2.24) is 5.32 Å². The second kappa shape index (κ2) is 52.7. The van der Waals surface area contributed by atoms with Crippen LogP contribution < -0.4 is 5.32 Å². The highest BCUT2D eigenvalue weighted by Crippen LogP contribution is 2.47. The van der Waals surface area contributed by atoms with Crippen LogP contribution in [0.1, 0.15) is 91.5 Å². The van der Waals surface area contributed by atoms with E-state index in [0.717, 1.165) is 72.3 Å². The van der Waals surface area contributed by atoms with Crippen LogP contribution in [0.4, 0.5) is 4.79 Å². The van der Waals surface area contributed by atoms with Crippen molar-refractivity contribution in [3.63, 3.8) is 0 Å². The average Bonchev–Trinajstić information content (AvgIpc) is 1.73. The highest BCUT2D eigenvalue weighted by atomic mass is 16.8. The lowest BCUT2D eigenvalue weighted by Crippen LogP contribution is -2.68. The number of carbonyl (C=O) groups excluding carboxylic acids is 2. The van der Waals surface area contributed by atoms with Gasteiger partial charge in [0.15, 0.2) is 37.5 Å². The van der Waals surface area contributed by atoms with Gasteiger partial charge in [0.25, 0.3) is 0 Å². The summed E-state index contributed by atoms with van der Waals surface area (Å²) in [6.45, 7) is 1.68. The molecule has 6 aliphatic rings. The van der Waals surface area contributed by atoms with Crippen LogP contribution in [0.25, 0.3) is 21.6 Å². The van der Waals surface area contributed by atoms with Crippen LogP contribution in [0, 0.1) is 5.92 Å². The van der Waals surface area contributed by atoms with E-state index in [1.54, 1.807) is 0 Å². The molecule has 21 unspecified atom stereocenters. The molecule has 1 N–H and O–H groups in total. The third kappa shape index (κ3) is 27.6. The van der Waals surface area contributed by atoms with Crippen molar-refractivity contribution in [2.75, 3.05) is 39.6 Å². The number of nitrogens with one attached hydrogen (secondary N) is 1. The summed E-state index contributed by atoms with van der Waals surface area (Å²) >= 11 is 0. The third-order valence-corrected chi connectivity index (χ3v) is 27.0. The Kier molecular flexibility index (Phi) is 36.8. The highest BCUT2D eigenvalue weighted by molar-refractivity contribution is 5.82.